The molecule has 0 spiro atoms. The number of methoxy groups -OCH3 is 2. The van der Waals surface area contributed by atoms with E-state index in [1.54, 1.807) is 14.2 Å². The van der Waals surface area contributed by atoms with Gasteiger partial charge < -0.3 is 24.0 Å². The third-order valence-corrected chi connectivity index (χ3v) is 4.86. The van der Waals surface area contributed by atoms with Crippen LogP contribution in [0.2, 0.25) is 0 Å². The number of benzene rings is 2. The molecule has 1 heterocycles. The van der Waals surface area contributed by atoms with Crippen molar-refractivity contribution < 1.29 is 23.9 Å². The molecule has 2 aromatic carbocycles. The monoisotopic (exact) mass is 371 g/mol. The van der Waals surface area contributed by atoms with E-state index in [0.29, 0.717) is 0 Å². The van der Waals surface area contributed by atoms with Gasteiger partial charge in [0, 0.05) is 0 Å². The second-order valence-electron chi connectivity index (χ2n) is 6.59. The predicted molar refractivity (Wildman–Crippen MR) is 102 cm³/mol. The number of quaternary nitrogens is 1. The lowest BCUT2D eigenvalue weighted by atomic mass is 10.1. The lowest BCUT2D eigenvalue weighted by Gasteiger charge is -2.32. The largest absolute Gasteiger partial charge is 0.497 e. The van der Waals surface area contributed by atoms with Crippen molar-refractivity contribution in [3.05, 3.63) is 54.1 Å². The van der Waals surface area contributed by atoms with Crippen LogP contribution in [-0.4, -0.2) is 57.8 Å². The summed E-state index contributed by atoms with van der Waals surface area (Å²) in [5.74, 6) is 2.47. The van der Waals surface area contributed by atoms with E-state index in [1.165, 1.54) is 4.90 Å². The number of carbonyl (C=O) groups excluding carboxylic acids is 1. The molecule has 2 aromatic rings. The fourth-order valence-electron chi connectivity index (χ4n) is 3.29. The lowest BCUT2D eigenvalue weighted by molar-refractivity contribution is -0.917. The summed E-state index contributed by atoms with van der Waals surface area (Å²) in [6.07, 6.45) is 0. The Morgan fingerprint density at radius 2 is 1.74 bits per heavy atom. The van der Waals surface area contributed by atoms with Gasteiger partial charge in [-0.1, -0.05) is 18.2 Å². The minimum Gasteiger partial charge on any atom is -0.497 e. The molecule has 1 saturated heterocycles. The molecule has 0 radical (unpaired) electrons. The number of hydrogen-bond donors (Lipinski definition) is 1. The van der Waals surface area contributed by atoms with E-state index in [4.69, 9.17) is 14.2 Å². The standard InChI is InChI=1S/C21H26N2O4/c1-25-19-8-9-20(26-2)17(14-19)15-22-10-12-23(13-11-22)21(24)16-27-18-6-4-3-5-7-18/h3-9,14H,10-13,15-16H2,1-2H3/p+1. The topological polar surface area (TPSA) is 52.4 Å². The molecule has 1 fully saturated rings. The van der Waals surface area contributed by atoms with Crippen LogP contribution in [0.4, 0.5) is 0 Å². The summed E-state index contributed by atoms with van der Waals surface area (Å²) in [5, 5.41) is 0. The van der Waals surface area contributed by atoms with Gasteiger partial charge in [-0.3, -0.25) is 4.79 Å². The minimum absolute atomic E-state index is 0.0388. The van der Waals surface area contributed by atoms with Crippen LogP contribution in [0.5, 0.6) is 17.2 Å². The smallest absolute Gasteiger partial charge is 0.260 e. The van der Waals surface area contributed by atoms with Gasteiger partial charge in [0.05, 0.1) is 46.0 Å². The van der Waals surface area contributed by atoms with Gasteiger partial charge in [0.15, 0.2) is 6.61 Å². The average Bonchev–Trinajstić information content (AvgIpc) is 2.73. The summed E-state index contributed by atoms with van der Waals surface area (Å²) in [4.78, 5) is 15.7. The Morgan fingerprint density at radius 1 is 1.00 bits per heavy atom. The van der Waals surface area contributed by atoms with Crippen LogP contribution in [0.15, 0.2) is 48.5 Å². The molecule has 1 aliphatic rings. The normalized spacial score (nSPS) is 14.7. The number of nitrogens with zero attached hydrogens (tertiary/aromatic N) is 1. The second-order valence-corrected chi connectivity index (χ2v) is 6.59. The van der Waals surface area contributed by atoms with Crippen molar-refractivity contribution in [1.29, 1.82) is 0 Å². The molecule has 1 aliphatic heterocycles. The summed E-state index contributed by atoms with van der Waals surface area (Å²) in [6, 6.07) is 15.3. The Morgan fingerprint density at radius 3 is 2.41 bits per heavy atom. The van der Waals surface area contributed by atoms with E-state index in [9.17, 15) is 4.79 Å². The molecule has 3 rings (SSSR count). The number of rotatable bonds is 7. The number of para-hydroxylation sites is 1. The van der Waals surface area contributed by atoms with E-state index in [-0.39, 0.29) is 12.5 Å². The van der Waals surface area contributed by atoms with E-state index in [1.807, 2.05) is 53.4 Å². The number of piperazine rings is 1. The van der Waals surface area contributed by atoms with E-state index in [2.05, 4.69) is 0 Å². The Bertz CT molecular complexity index is 743. The maximum absolute atomic E-state index is 12.4. The highest BCUT2D eigenvalue weighted by Gasteiger charge is 2.25. The van der Waals surface area contributed by atoms with Crippen molar-refractivity contribution in [3.8, 4) is 17.2 Å². The Hall–Kier alpha value is -2.73. The van der Waals surface area contributed by atoms with Gasteiger partial charge in [-0.05, 0) is 30.3 Å². The molecule has 6 nitrogen and oxygen atoms in total. The Balaban J connectivity index is 1.49. The van der Waals surface area contributed by atoms with Gasteiger partial charge in [-0.15, -0.1) is 0 Å². The molecule has 0 aromatic heterocycles. The van der Waals surface area contributed by atoms with Gasteiger partial charge in [0.2, 0.25) is 0 Å². The Kier molecular flexibility index (Phi) is 6.54. The molecule has 1 amide bonds. The highest BCUT2D eigenvalue weighted by Crippen LogP contribution is 2.23. The SMILES string of the molecule is COc1ccc(OC)c(C[NH+]2CCN(C(=O)COc3ccccc3)CC2)c1. The van der Waals surface area contributed by atoms with Gasteiger partial charge in [-0.2, -0.15) is 0 Å². The molecule has 144 valence electrons. The molecular weight excluding hydrogens is 344 g/mol. The fraction of sp³-hybridized carbons (Fsp3) is 0.381. The van der Waals surface area contributed by atoms with Crippen molar-refractivity contribution in [2.75, 3.05) is 47.0 Å². The third-order valence-electron chi connectivity index (χ3n) is 4.86. The first-order valence-electron chi connectivity index (χ1n) is 9.19. The summed E-state index contributed by atoms with van der Waals surface area (Å²) >= 11 is 0. The van der Waals surface area contributed by atoms with Crippen LogP contribution in [-0.2, 0) is 11.3 Å². The fourth-order valence-corrected chi connectivity index (χ4v) is 3.29. The molecular formula is C21H27N2O4+. The van der Waals surface area contributed by atoms with Crippen LogP contribution in [0, 0.1) is 0 Å². The van der Waals surface area contributed by atoms with Crippen molar-refractivity contribution >= 4 is 5.91 Å². The minimum atomic E-state index is 0.0388. The van der Waals surface area contributed by atoms with Crippen molar-refractivity contribution in [1.82, 2.24) is 4.90 Å². The third kappa shape index (κ3) is 5.14. The molecule has 1 N–H and O–H groups in total. The molecule has 0 aliphatic carbocycles. The number of nitrogens with one attached hydrogen (secondary N) is 1. The van der Waals surface area contributed by atoms with Crippen LogP contribution >= 0.6 is 0 Å². The van der Waals surface area contributed by atoms with Crippen LogP contribution in [0.3, 0.4) is 0 Å². The summed E-state index contributed by atoms with van der Waals surface area (Å²) in [5.41, 5.74) is 1.12. The summed E-state index contributed by atoms with van der Waals surface area (Å²) in [7, 11) is 3.35. The summed E-state index contributed by atoms with van der Waals surface area (Å²) < 4.78 is 16.4. The number of carbonyl (C=O) groups is 1. The van der Waals surface area contributed by atoms with Crippen LogP contribution in [0.25, 0.3) is 0 Å². The summed E-state index contributed by atoms with van der Waals surface area (Å²) in [6.45, 7) is 4.21. The highest BCUT2D eigenvalue weighted by atomic mass is 16.5. The zero-order valence-corrected chi connectivity index (χ0v) is 15.9. The lowest BCUT2D eigenvalue weighted by Crippen LogP contribution is -3.13. The number of ether oxygens (including phenoxy) is 3. The molecule has 6 heteroatoms. The van der Waals surface area contributed by atoms with Crippen molar-refractivity contribution in [2.24, 2.45) is 0 Å². The maximum atomic E-state index is 12.4. The first kappa shape index (κ1) is 19.0. The molecule has 27 heavy (non-hydrogen) atoms. The molecule has 0 atom stereocenters. The maximum Gasteiger partial charge on any atom is 0.260 e. The predicted octanol–water partition coefficient (Wildman–Crippen LogP) is 1.01. The average molecular weight is 371 g/mol. The Labute approximate surface area is 160 Å². The van der Waals surface area contributed by atoms with Gasteiger partial charge in [0.1, 0.15) is 23.8 Å². The number of hydrogen-bond acceptors (Lipinski definition) is 4. The van der Waals surface area contributed by atoms with Gasteiger partial charge in [0.25, 0.3) is 5.91 Å². The highest BCUT2D eigenvalue weighted by molar-refractivity contribution is 5.77. The van der Waals surface area contributed by atoms with Crippen molar-refractivity contribution in [2.45, 2.75) is 6.54 Å². The number of amides is 1. The van der Waals surface area contributed by atoms with Crippen molar-refractivity contribution in [3.63, 3.8) is 0 Å². The zero-order chi connectivity index (χ0) is 19.1. The quantitative estimate of drug-likeness (QED) is 0.789. The first-order valence-corrected chi connectivity index (χ1v) is 9.19. The first-order chi connectivity index (χ1) is 13.2. The van der Waals surface area contributed by atoms with E-state index < -0.39 is 0 Å². The van der Waals surface area contributed by atoms with Crippen LogP contribution < -0.4 is 19.1 Å². The van der Waals surface area contributed by atoms with Gasteiger partial charge in [-0.25, -0.2) is 0 Å². The van der Waals surface area contributed by atoms with Gasteiger partial charge >= 0.3 is 0 Å². The van der Waals surface area contributed by atoms with E-state index in [0.717, 1.165) is 55.5 Å². The molecule has 0 saturated carbocycles. The van der Waals surface area contributed by atoms with E-state index >= 15 is 0 Å². The molecule has 0 bridgehead atoms. The zero-order valence-electron chi connectivity index (χ0n) is 15.9. The molecule has 0 unspecified atom stereocenters. The second kappa shape index (κ2) is 9.28. The van der Waals surface area contributed by atoms with Crippen LogP contribution in [0.1, 0.15) is 5.56 Å².